The van der Waals surface area contributed by atoms with Gasteiger partial charge < -0.3 is 29.1 Å². The van der Waals surface area contributed by atoms with Gasteiger partial charge in [0.1, 0.15) is 22.8 Å². The van der Waals surface area contributed by atoms with Gasteiger partial charge in [0.05, 0.1) is 12.7 Å². The third kappa shape index (κ3) is 6.25. The van der Waals surface area contributed by atoms with Crippen LogP contribution in [0.3, 0.4) is 0 Å². The predicted molar refractivity (Wildman–Crippen MR) is 137 cm³/mol. The minimum absolute atomic E-state index is 0.0114. The number of carbonyl (C=O) groups excluding carboxylic acids is 2. The maximum atomic E-state index is 13.0. The summed E-state index contributed by atoms with van der Waals surface area (Å²) in [6, 6.07) is 9.70. The Morgan fingerprint density at radius 2 is 1.89 bits per heavy atom. The Hall–Kier alpha value is -3.95. The van der Waals surface area contributed by atoms with E-state index in [1.807, 2.05) is 19.9 Å². The molecule has 37 heavy (non-hydrogen) atoms. The number of rotatable bonds is 7. The highest BCUT2D eigenvalue weighted by Crippen LogP contribution is 2.30. The molecule has 1 aliphatic heterocycles. The van der Waals surface area contributed by atoms with E-state index in [1.165, 1.54) is 13.0 Å². The van der Waals surface area contributed by atoms with E-state index in [4.69, 9.17) is 18.6 Å². The van der Waals surface area contributed by atoms with Gasteiger partial charge in [0.25, 0.3) is 5.91 Å². The molecule has 4 rings (SSSR count). The van der Waals surface area contributed by atoms with Crippen LogP contribution >= 0.6 is 0 Å². The van der Waals surface area contributed by atoms with Crippen LogP contribution in [0.2, 0.25) is 0 Å². The van der Waals surface area contributed by atoms with Crippen molar-refractivity contribution in [3.8, 4) is 11.5 Å². The molecule has 1 aromatic heterocycles. The molecular weight excluding hydrogens is 478 g/mol. The minimum atomic E-state index is -0.713. The van der Waals surface area contributed by atoms with Gasteiger partial charge in [-0.1, -0.05) is 11.6 Å². The number of hydrogen-bond donors (Lipinski definition) is 2. The number of aryl methyl sites for hydroxylation is 1. The lowest BCUT2D eigenvalue weighted by Crippen LogP contribution is -2.18. The van der Waals surface area contributed by atoms with Gasteiger partial charge in [0.15, 0.2) is 0 Å². The second-order valence-corrected chi connectivity index (χ2v) is 9.18. The number of carbonyl (C=O) groups is 2. The van der Waals surface area contributed by atoms with Gasteiger partial charge in [-0.05, 0) is 69.2 Å². The van der Waals surface area contributed by atoms with Gasteiger partial charge in [0.2, 0.25) is 6.29 Å². The number of aliphatic hydroxyl groups is 1. The van der Waals surface area contributed by atoms with E-state index >= 15 is 0 Å². The van der Waals surface area contributed by atoms with Gasteiger partial charge in [0, 0.05) is 29.9 Å². The molecule has 1 saturated heterocycles. The summed E-state index contributed by atoms with van der Waals surface area (Å²) in [7, 11) is 0. The van der Waals surface area contributed by atoms with E-state index in [0.29, 0.717) is 52.0 Å². The van der Waals surface area contributed by atoms with Gasteiger partial charge >= 0.3 is 11.6 Å². The topological polar surface area (TPSA) is 124 Å². The third-order valence-corrected chi connectivity index (χ3v) is 5.85. The van der Waals surface area contributed by atoms with E-state index in [9.17, 15) is 19.5 Å². The molecule has 3 aromatic rings. The van der Waals surface area contributed by atoms with Crippen LogP contribution in [-0.2, 0) is 16.0 Å². The zero-order chi connectivity index (χ0) is 26.7. The summed E-state index contributed by atoms with van der Waals surface area (Å²) < 4.78 is 22.0. The predicted octanol–water partition coefficient (Wildman–Crippen LogP) is 4.27. The van der Waals surface area contributed by atoms with Crippen molar-refractivity contribution >= 4 is 28.5 Å². The Labute approximate surface area is 213 Å². The fourth-order valence-corrected chi connectivity index (χ4v) is 3.96. The number of aliphatic hydroxyl groups excluding tert-OH is 1. The molecule has 0 aliphatic carbocycles. The first-order valence-electron chi connectivity index (χ1n) is 11.9. The standard InChI is InChI=1S/C28H29NO8/c1-15(2)5-6-18-11-20(8-10-24(18)35-17(4)30)27(32)29-22-12-19-7-9-23(16(3)26(19)37-28(22)33)36-25-13-21(31)14-34-25/h5,7-12,21,25,31H,6,13-14H2,1-4H3,(H,29,32)/t21-,25+/m1/s1. The van der Waals surface area contributed by atoms with Crippen molar-refractivity contribution in [3.63, 3.8) is 0 Å². The maximum absolute atomic E-state index is 13.0. The molecule has 2 aromatic carbocycles. The van der Waals surface area contributed by atoms with Crippen LogP contribution in [0, 0.1) is 6.92 Å². The van der Waals surface area contributed by atoms with Crippen LogP contribution < -0.4 is 20.4 Å². The molecule has 2 heterocycles. The molecule has 0 saturated carbocycles. The number of allylic oxidation sites excluding steroid dienone is 2. The van der Waals surface area contributed by atoms with Crippen LogP contribution in [-0.4, -0.2) is 36.0 Å². The van der Waals surface area contributed by atoms with E-state index in [0.717, 1.165) is 5.57 Å². The fraction of sp³-hybridized carbons (Fsp3) is 0.321. The molecule has 0 unspecified atom stereocenters. The van der Waals surface area contributed by atoms with Crippen LogP contribution in [0.25, 0.3) is 11.0 Å². The monoisotopic (exact) mass is 507 g/mol. The average molecular weight is 508 g/mol. The van der Waals surface area contributed by atoms with E-state index < -0.39 is 29.9 Å². The summed E-state index contributed by atoms with van der Waals surface area (Å²) in [4.78, 5) is 37.2. The van der Waals surface area contributed by atoms with E-state index in [1.54, 1.807) is 37.3 Å². The smallest absolute Gasteiger partial charge is 0.360 e. The molecule has 9 nitrogen and oxygen atoms in total. The highest BCUT2D eigenvalue weighted by atomic mass is 16.7. The molecule has 0 spiro atoms. The van der Waals surface area contributed by atoms with Crippen molar-refractivity contribution in [1.82, 2.24) is 0 Å². The highest BCUT2D eigenvalue weighted by Gasteiger charge is 2.26. The van der Waals surface area contributed by atoms with Gasteiger partial charge in [-0.2, -0.15) is 0 Å². The molecule has 1 amide bonds. The molecule has 0 radical (unpaired) electrons. The lowest BCUT2D eigenvalue weighted by molar-refractivity contribution is -0.131. The number of esters is 1. The number of amides is 1. The van der Waals surface area contributed by atoms with Gasteiger partial charge in [-0.15, -0.1) is 0 Å². The fourth-order valence-electron chi connectivity index (χ4n) is 3.96. The minimum Gasteiger partial charge on any atom is -0.464 e. The Balaban J connectivity index is 1.58. The molecule has 1 aliphatic rings. The summed E-state index contributed by atoms with van der Waals surface area (Å²) in [5, 5.41) is 12.9. The first-order valence-corrected chi connectivity index (χ1v) is 11.9. The Morgan fingerprint density at radius 3 is 2.57 bits per heavy atom. The zero-order valence-corrected chi connectivity index (χ0v) is 21.1. The summed E-state index contributed by atoms with van der Waals surface area (Å²) in [5.41, 5.74) is 2.24. The van der Waals surface area contributed by atoms with Crippen LogP contribution in [0.1, 0.15) is 48.7 Å². The average Bonchev–Trinajstić information content (AvgIpc) is 3.25. The number of hydrogen-bond acceptors (Lipinski definition) is 8. The van der Waals surface area contributed by atoms with Crippen LogP contribution in [0.5, 0.6) is 11.5 Å². The molecular formula is C28H29NO8. The summed E-state index contributed by atoms with van der Waals surface area (Å²) in [5.74, 6) is -0.115. The molecule has 2 N–H and O–H groups in total. The third-order valence-electron chi connectivity index (χ3n) is 5.85. The Bertz CT molecular complexity index is 1430. The molecule has 9 heteroatoms. The number of benzene rings is 2. The SMILES string of the molecule is CC(=O)Oc1ccc(C(=O)Nc2cc3ccc(O[C@H]4C[C@@H](O)CO4)c(C)c3oc2=O)cc1CC=C(C)C. The molecule has 2 atom stereocenters. The largest absolute Gasteiger partial charge is 0.464 e. The highest BCUT2D eigenvalue weighted by molar-refractivity contribution is 6.05. The number of nitrogens with one attached hydrogen (secondary N) is 1. The first kappa shape index (κ1) is 26.1. The Morgan fingerprint density at radius 1 is 1.14 bits per heavy atom. The van der Waals surface area contributed by atoms with Gasteiger partial charge in [-0.3, -0.25) is 9.59 Å². The van der Waals surface area contributed by atoms with Crippen molar-refractivity contribution in [2.24, 2.45) is 0 Å². The number of anilines is 1. The molecule has 1 fully saturated rings. The first-order chi connectivity index (χ1) is 17.6. The lowest BCUT2D eigenvalue weighted by atomic mass is 10.0. The van der Waals surface area contributed by atoms with Crippen molar-refractivity contribution in [1.29, 1.82) is 0 Å². The van der Waals surface area contributed by atoms with Crippen LogP contribution in [0.4, 0.5) is 5.69 Å². The summed E-state index contributed by atoms with van der Waals surface area (Å²) >= 11 is 0. The quantitative estimate of drug-likeness (QED) is 0.210. The second-order valence-electron chi connectivity index (χ2n) is 9.18. The second kappa shape index (κ2) is 11.0. The molecule has 194 valence electrons. The summed E-state index contributed by atoms with van der Waals surface area (Å²) in [6.45, 7) is 7.17. The van der Waals surface area contributed by atoms with E-state index in [-0.39, 0.29) is 12.3 Å². The summed E-state index contributed by atoms with van der Waals surface area (Å²) in [6.07, 6.45) is 1.63. The Kier molecular flexibility index (Phi) is 7.75. The van der Waals surface area contributed by atoms with Gasteiger partial charge in [-0.25, -0.2) is 4.79 Å². The number of fused-ring (bicyclic) bond motifs is 1. The van der Waals surface area contributed by atoms with E-state index in [2.05, 4.69) is 5.32 Å². The van der Waals surface area contributed by atoms with Crippen molar-refractivity contribution in [3.05, 3.63) is 75.2 Å². The normalized spacial score (nSPS) is 16.9. The zero-order valence-electron chi connectivity index (χ0n) is 21.1. The number of ether oxygens (including phenoxy) is 3. The van der Waals surface area contributed by atoms with Crippen molar-refractivity contribution in [2.45, 2.75) is 52.9 Å². The molecule has 0 bridgehead atoms. The lowest BCUT2D eigenvalue weighted by Gasteiger charge is -2.15. The van der Waals surface area contributed by atoms with Crippen LogP contribution in [0.15, 0.2) is 57.3 Å². The maximum Gasteiger partial charge on any atom is 0.360 e. The van der Waals surface area contributed by atoms with Crippen molar-refractivity contribution in [2.75, 3.05) is 11.9 Å². The van der Waals surface area contributed by atoms with Crippen molar-refractivity contribution < 1.29 is 33.3 Å².